The van der Waals surface area contributed by atoms with Crippen molar-refractivity contribution in [2.75, 3.05) is 0 Å². The van der Waals surface area contributed by atoms with E-state index in [-0.39, 0.29) is 0 Å². The summed E-state index contributed by atoms with van der Waals surface area (Å²) >= 11 is 5.99. The molecule has 2 rings (SSSR count). The van der Waals surface area contributed by atoms with E-state index in [1.54, 1.807) is 0 Å². The highest BCUT2D eigenvalue weighted by Gasteiger charge is 2.18. The zero-order chi connectivity index (χ0) is 10.8. The Hall–Kier alpha value is -1.07. The third-order valence-electron chi connectivity index (χ3n) is 3.04. The number of fused-ring (bicyclic) bond motifs is 1. The summed E-state index contributed by atoms with van der Waals surface area (Å²) in [5, 5.41) is 9.45. The molecule has 0 saturated heterocycles. The Morgan fingerprint density at radius 1 is 1.20 bits per heavy atom. The summed E-state index contributed by atoms with van der Waals surface area (Å²) in [7, 11) is 0. The maximum atomic E-state index is 9.08. The van der Waals surface area contributed by atoms with Crippen LogP contribution < -0.4 is 0 Å². The van der Waals surface area contributed by atoms with Crippen LogP contribution in [0.2, 0.25) is 5.15 Å². The largest absolute Gasteiger partial charge is 0.240 e. The molecule has 0 saturated carbocycles. The molecule has 1 aliphatic carbocycles. The topological polar surface area (TPSA) is 36.7 Å². The second-order valence-electron chi connectivity index (χ2n) is 3.99. The van der Waals surface area contributed by atoms with Gasteiger partial charge in [-0.05, 0) is 43.7 Å². The molecule has 0 fully saturated rings. The number of halogens is 1. The number of hydrogen-bond acceptors (Lipinski definition) is 2. The van der Waals surface area contributed by atoms with Crippen LogP contribution in [0.25, 0.3) is 0 Å². The van der Waals surface area contributed by atoms with Gasteiger partial charge in [0.1, 0.15) is 11.2 Å². The fourth-order valence-corrected chi connectivity index (χ4v) is 2.55. The van der Waals surface area contributed by atoms with Crippen molar-refractivity contribution in [2.45, 2.75) is 39.0 Å². The van der Waals surface area contributed by atoms with Crippen molar-refractivity contribution in [1.82, 2.24) is 4.98 Å². The lowest BCUT2D eigenvalue weighted by Gasteiger charge is -2.11. The van der Waals surface area contributed by atoms with Gasteiger partial charge in [-0.15, -0.1) is 0 Å². The molecule has 1 aromatic rings. The van der Waals surface area contributed by atoms with Crippen molar-refractivity contribution in [1.29, 1.82) is 5.26 Å². The summed E-state index contributed by atoms with van der Waals surface area (Å²) in [6, 6.07) is 2.18. The van der Waals surface area contributed by atoms with E-state index in [9.17, 15) is 0 Å². The number of rotatable bonds is 0. The number of aryl methyl sites for hydroxylation is 1. The molecular formula is C12H13ClN2. The Labute approximate surface area is 94.9 Å². The summed E-state index contributed by atoms with van der Waals surface area (Å²) in [4.78, 5) is 4.24. The van der Waals surface area contributed by atoms with Gasteiger partial charge in [0, 0.05) is 5.69 Å². The van der Waals surface area contributed by atoms with Crippen LogP contribution in [-0.4, -0.2) is 4.98 Å². The van der Waals surface area contributed by atoms with E-state index in [4.69, 9.17) is 16.9 Å². The van der Waals surface area contributed by atoms with Crippen LogP contribution in [0.1, 0.15) is 41.6 Å². The summed E-state index contributed by atoms with van der Waals surface area (Å²) < 4.78 is 0. The Bertz CT molecular complexity index is 432. The number of hydrogen-bond donors (Lipinski definition) is 0. The molecular weight excluding hydrogens is 208 g/mol. The van der Waals surface area contributed by atoms with E-state index in [2.05, 4.69) is 11.1 Å². The van der Waals surface area contributed by atoms with E-state index in [1.807, 2.05) is 6.92 Å². The lowest BCUT2D eigenvalue weighted by molar-refractivity contribution is 0.710. The van der Waals surface area contributed by atoms with Gasteiger partial charge in [-0.2, -0.15) is 5.26 Å². The Morgan fingerprint density at radius 3 is 2.53 bits per heavy atom. The molecule has 1 aliphatic rings. The first kappa shape index (κ1) is 10.4. The van der Waals surface area contributed by atoms with E-state index in [0.717, 1.165) is 30.5 Å². The summed E-state index contributed by atoms with van der Waals surface area (Å²) in [6.07, 6.45) is 5.60. The lowest BCUT2D eigenvalue weighted by Crippen LogP contribution is -2.02. The zero-order valence-corrected chi connectivity index (χ0v) is 9.56. The highest BCUT2D eigenvalue weighted by molar-refractivity contribution is 6.30. The van der Waals surface area contributed by atoms with Gasteiger partial charge in [0.25, 0.3) is 0 Å². The maximum Gasteiger partial charge on any atom is 0.147 e. The first-order valence-corrected chi connectivity index (χ1v) is 5.69. The average Bonchev–Trinajstić information content (AvgIpc) is 2.44. The van der Waals surface area contributed by atoms with Crippen LogP contribution >= 0.6 is 11.6 Å². The number of aromatic nitrogens is 1. The number of pyridine rings is 1. The first-order valence-electron chi connectivity index (χ1n) is 5.32. The third kappa shape index (κ3) is 1.85. The predicted octanol–water partition coefficient (Wildman–Crippen LogP) is 3.18. The van der Waals surface area contributed by atoms with Gasteiger partial charge in [-0.3, -0.25) is 0 Å². The summed E-state index contributed by atoms with van der Waals surface area (Å²) in [6.45, 7) is 1.98. The van der Waals surface area contributed by atoms with Crippen molar-refractivity contribution in [3.8, 4) is 6.07 Å². The molecule has 0 aliphatic heterocycles. The quantitative estimate of drug-likeness (QED) is 0.497. The molecule has 1 heterocycles. The second kappa shape index (κ2) is 4.20. The Balaban J connectivity index is 2.64. The summed E-state index contributed by atoms with van der Waals surface area (Å²) in [5.74, 6) is 0. The molecule has 0 atom stereocenters. The number of nitrogens with zero attached hydrogens (tertiary/aromatic N) is 2. The molecule has 78 valence electrons. The van der Waals surface area contributed by atoms with Gasteiger partial charge in [0.2, 0.25) is 0 Å². The van der Waals surface area contributed by atoms with Crippen LogP contribution in [0.15, 0.2) is 0 Å². The van der Waals surface area contributed by atoms with Crippen LogP contribution in [0, 0.1) is 18.3 Å². The fourth-order valence-electron chi connectivity index (χ4n) is 2.27. The minimum Gasteiger partial charge on any atom is -0.240 e. The molecule has 2 nitrogen and oxygen atoms in total. The van der Waals surface area contributed by atoms with Crippen LogP contribution in [0.4, 0.5) is 0 Å². The van der Waals surface area contributed by atoms with Crippen LogP contribution in [0.3, 0.4) is 0 Å². The molecule has 1 aromatic heterocycles. The van der Waals surface area contributed by atoms with Gasteiger partial charge >= 0.3 is 0 Å². The fraction of sp³-hybridized carbons (Fsp3) is 0.500. The van der Waals surface area contributed by atoms with Gasteiger partial charge in [-0.25, -0.2) is 4.98 Å². The predicted molar refractivity (Wildman–Crippen MR) is 60.0 cm³/mol. The van der Waals surface area contributed by atoms with Crippen molar-refractivity contribution in [2.24, 2.45) is 0 Å². The SMILES string of the molecule is Cc1nc(Cl)c(C#N)c2c1CCCCC2. The molecule has 0 bridgehead atoms. The average molecular weight is 221 g/mol. The van der Waals surface area contributed by atoms with Crippen molar-refractivity contribution >= 4 is 11.6 Å². The molecule has 0 aromatic carbocycles. The molecule has 0 radical (unpaired) electrons. The lowest BCUT2D eigenvalue weighted by atomic mass is 9.98. The Morgan fingerprint density at radius 2 is 1.87 bits per heavy atom. The molecule has 0 N–H and O–H groups in total. The van der Waals surface area contributed by atoms with E-state index in [0.29, 0.717) is 10.7 Å². The highest BCUT2D eigenvalue weighted by Crippen LogP contribution is 2.28. The number of nitriles is 1. The Kier molecular flexibility index (Phi) is 2.93. The van der Waals surface area contributed by atoms with Crippen molar-refractivity contribution in [3.63, 3.8) is 0 Å². The highest BCUT2D eigenvalue weighted by atomic mass is 35.5. The first-order chi connectivity index (χ1) is 7.24. The molecule has 0 amide bonds. The standard InChI is InChI=1S/C12H13ClN2/c1-8-9-5-3-2-4-6-10(9)11(7-14)12(13)15-8/h2-6H2,1H3. The molecule has 3 heteroatoms. The van der Waals surface area contributed by atoms with Crippen LogP contribution in [-0.2, 0) is 12.8 Å². The van der Waals surface area contributed by atoms with E-state index < -0.39 is 0 Å². The van der Waals surface area contributed by atoms with E-state index >= 15 is 0 Å². The zero-order valence-electron chi connectivity index (χ0n) is 8.81. The summed E-state index contributed by atoms with van der Waals surface area (Å²) in [5.41, 5.74) is 4.00. The van der Waals surface area contributed by atoms with E-state index in [1.165, 1.54) is 18.4 Å². The molecule has 0 unspecified atom stereocenters. The van der Waals surface area contributed by atoms with Gasteiger partial charge in [-0.1, -0.05) is 18.0 Å². The van der Waals surface area contributed by atoms with Gasteiger partial charge < -0.3 is 0 Å². The second-order valence-corrected chi connectivity index (χ2v) is 4.35. The smallest absolute Gasteiger partial charge is 0.147 e. The van der Waals surface area contributed by atoms with Crippen molar-refractivity contribution < 1.29 is 0 Å². The van der Waals surface area contributed by atoms with Gasteiger partial charge in [0.15, 0.2) is 0 Å². The monoisotopic (exact) mass is 220 g/mol. The third-order valence-corrected chi connectivity index (χ3v) is 3.31. The van der Waals surface area contributed by atoms with Crippen LogP contribution in [0.5, 0.6) is 0 Å². The van der Waals surface area contributed by atoms with Gasteiger partial charge in [0.05, 0.1) is 5.56 Å². The minimum atomic E-state index is 0.371. The molecule has 15 heavy (non-hydrogen) atoms. The normalized spacial score (nSPS) is 15.3. The minimum absolute atomic E-state index is 0.371. The van der Waals surface area contributed by atoms with Crippen molar-refractivity contribution in [3.05, 3.63) is 27.5 Å². The maximum absolute atomic E-state index is 9.08. The molecule has 0 spiro atoms.